The van der Waals surface area contributed by atoms with Crippen LogP contribution in [-0.4, -0.2) is 31.4 Å². The Morgan fingerprint density at radius 2 is 1.21 bits per heavy atom. The van der Waals surface area contributed by atoms with Crippen molar-refractivity contribution in [1.82, 2.24) is 0 Å². The zero-order valence-electron chi connectivity index (χ0n) is 8.26. The first kappa shape index (κ1) is 11.5. The summed E-state index contributed by atoms with van der Waals surface area (Å²) in [5.41, 5.74) is 0.732. The van der Waals surface area contributed by atoms with Gasteiger partial charge in [-0.25, -0.2) is 4.39 Å². The molecule has 62 valence electrons. The zero-order valence-corrected chi connectivity index (χ0v) is 8.26. The lowest BCUT2D eigenvalue weighted by molar-refractivity contribution is 0.645. The number of benzene rings is 1. The van der Waals surface area contributed by atoms with Crippen LogP contribution in [-0.2, 0) is 0 Å². The Bertz CT molecular complexity index is 345. The van der Waals surface area contributed by atoms with E-state index in [1.54, 1.807) is 0 Å². The Balaban J connectivity index is 3.60. The highest BCUT2D eigenvalue weighted by Crippen LogP contribution is 2.06. The second-order valence-corrected chi connectivity index (χ2v) is 3.54. The molecule has 0 heterocycles. The summed E-state index contributed by atoms with van der Waals surface area (Å²) in [6.07, 6.45) is 0. The molecule has 0 unspecified atom stereocenters. The average molecular weight is 177 g/mol. The molecule has 1 rings (SSSR count). The van der Waals surface area contributed by atoms with Crippen molar-refractivity contribution in [1.29, 1.82) is 0 Å². The molecule has 0 nitrogen and oxygen atoms in total. The van der Waals surface area contributed by atoms with E-state index in [1.165, 1.54) is 0 Å². The standard InChI is InChI=1S/C9H7B4F/c1-3(2)4-5(10)7(12)9(14)8(13)6(4)11/h3H,1-2H3. The molecule has 0 aliphatic heterocycles. The molecule has 0 bridgehead atoms. The van der Waals surface area contributed by atoms with Gasteiger partial charge in [-0.3, -0.25) is 0 Å². The van der Waals surface area contributed by atoms with Crippen molar-refractivity contribution >= 4 is 53.2 Å². The average Bonchev–Trinajstić information content (AvgIpc) is 2.11. The molecule has 1 aromatic carbocycles. The molecule has 0 fully saturated rings. The minimum atomic E-state index is -0.732. The minimum absolute atomic E-state index is 0.0557. The quantitative estimate of drug-likeness (QED) is 0.441. The van der Waals surface area contributed by atoms with Gasteiger partial charge in [0.2, 0.25) is 0 Å². The molecule has 0 spiro atoms. The van der Waals surface area contributed by atoms with Crippen LogP contribution in [0.15, 0.2) is 0 Å². The van der Waals surface area contributed by atoms with Gasteiger partial charge >= 0.3 is 0 Å². The summed E-state index contributed by atoms with van der Waals surface area (Å²) in [6, 6.07) is 0. The van der Waals surface area contributed by atoms with E-state index in [0.29, 0.717) is 5.56 Å². The Labute approximate surface area is 89.3 Å². The topological polar surface area (TPSA) is 0 Å². The van der Waals surface area contributed by atoms with E-state index in [2.05, 4.69) is 0 Å². The van der Waals surface area contributed by atoms with Crippen LogP contribution in [0, 0.1) is 5.82 Å². The van der Waals surface area contributed by atoms with Gasteiger partial charge in [-0.15, -0.1) is 0 Å². The third-order valence-electron chi connectivity index (χ3n) is 2.21. The number of rotatable bonds is 1. The fraction of sp³-hybridized carbons (Fsp3) is 0.333. The molecule has 0 N–H and O–H groups in total. The summed E-state index contributed by atoms with van der Waals surface area (Å²) in [4.78, 5) is 0. The van der Waals surface area contributed by atoms with E-state index >= 15 is 0 Å². The summed E-state index contributed by atoms with van der Waals surface area (Å²) >= 11 is 0. The Hall–Kier alpha value is -0.590. The minimum Gasteiger partial charge on any atom is -0.208 e. The van der Waals surface area contributed by atoms with Gasteiger partial charge < -0.3 is 0 Å². The summed E-state index contributed by atoms with van der Waals surface area (Å²) < 4.78 is 13.3. The van der Waals surface area contributed by atoms with Crippen LogP contribution >= 0.6 is 0 Å². The highest BCUT2D eigenvalue weighted by Gasteiger charge is 2.14. The summed E-state index contributed by atoms with van der Waals surface area (Å²) in [7, 11) is 22.2. The van der Waals surface area contributed by atoms with Crippen molar-refractivity contribution in [2.45, 2.75) is 19.8 Å². The van der Waals surface area contributed by atoms with E-state index in [0.717, 1.165) is 0 Å². The maximum absolute atomic E-state index is 13.3. The summed E-state index contributed by atoms with van der Waals surface area (Å²) in [5.74, 6) is -0.676. The van der Waals surface area contributed by atoms with E-state index in [9.17, 15) is 4.39 Å². The molecule has 14 heavy (non-hydrogen) atoms. The van der Waals surface area contributed by atoms with Crippen molar-refractivity contribution in [2.24, 2.45) is 0 Å². The highest BCUT2D eigenvalue weighted by atomic mass is 19.1. The van der Waals surface area contributed by atoms with Crippen LogP contribution in [0.25, 0.3) is 0 Å². The van der Waals surface area contributed by atoms with Crippen LogP contribution in [0.3, 0.4) is 0 Å². The van der Waals surface area contributed by atoms with Crippen LogP contribution in [0.4, 0.5) is 4.39 Å². The Morgan fingerprint density at radius 1 is 0.857 bits per heavy atom. The molecule has 0 amide bonds. The van der Waals surface area contributed by atoms with E-state index in [-0.39, 0.29) is 27.8 Å². The largest absolute Gasteiger partial charge is 0.208 e. The molecule has 1 aromatic rings. The SMILES string of the molecule is [B]c1c([B])c(C(C)C)c([B])c([B])c1F. The normalized spacial score (nSPS) is 10.9. The lowest BCUT2D eigenvalue weighted by Crippen LogP contribution is -2.47. The smallest absolute Gasteiger partial charge is 0.117 e. The van der Waals surface area contributed by atoms with Crippen molar-refractivity contribution in [2.75, 3.05) is 0 Å². The first-order chi connectivity index (χ1) is 6.37. The Kier molecular flexibility index (Phi) is 3.18. The second-order valence-electron chi connectivity index (χ2n) is 3.54. The number of hydrogen-bond acceptors (Lipinski definition) is 0. The second kappa shape index (κ2) is 3.88. The van der Waals surface area contributed by atoms with Crippen molar-refractivity contribution in [3.63, 3.8) is 0 Å². The molecule has 8 radical (unpaired) electrons. The van der Waals surface area contributed by atoms with E-state index in [4.69, 9.17) is 31.4 Å². The van der Waals surface area contributed by atoms with Crippen LogP contribution in [0.1, 0.15) is 25.3 Å². The van der Waals surface area contributed by atoms with E-state index in [1.807, 2.05) is 13.8 Å². The number of halogens is 1. The molecule has 0 aromatic heterocycles. The van der Waals surface area contributed by atoms with Gasteiger partial charge in [0.1, 0.15) is 37.2 Å². The van der Waals surface area contributed by atoms with Crippen LogP contribution < -0.4 is 21.9 Å². The fourth-order valence-electron chi connectivity index (χ4n) is 1.44. The lowest BCUT2D eigenvalue weighted by atomic mass is 9.65. The third-order valence-corrected chi connectivity index (χ3v) is 2.21. The van der Waals surface area contributed by atoms with Crippen LogP contribution in [0.5, 0.6) is 0 Å². The predicted molar refractivity (Wildman–Crippen MR) is 62.0 cm³/mol. The highest BCUT2D eigenvalue weighted by molar-refractivity contribution is 6.56. The van der Waals surface area contributed by atoms with Gasteiger partial charge in [-0.2, -0.15) is 0 Å². The van der Waals surface area contributed by atoms with Gasteiger partial charge in [-0.1, -0.05) is 41.3 Å². The maximum atomic E-state index is 13.3. The monoisotopic (exact) mass is 178 g/mol. The molecule has 0 saturated carbocycles. The third kappa shape index (κ3) is 1.65. The molecule has 0 aliphatic carbocycles. The van der Waals surface area contributed by atoms with Crippen molar-refractivity contribution in [3.05, 3.63) is 11.4 Å². The molecular weight excluding hydrogens is 170 g/mol. The van der Waals surface area contributed by atoms with Crippen molar-refractivity contribution in [3.8, 4) is 0 Å². The van der Waals surface area contributed by atoms with Gasteiger partial charge in [0.15, 0.2) is 0 Å². The molecular formula is C9H7B4F. The zero-order chi connectivity index (χ0) is 11.0. The maximum Gasteiger partial charge on any atom is 0.117 e. The van der Waals surface area contributed by atoms with Gasteiger partial charge in [0, 0.05) is 0 Å². The van der Waals surface area contributed by atoms with Gasteiger partial charge in [0.25, 0.3) is 0 Å². The molecule has 0 saturated heterocycles. The summed E-state index contributed by atoms with van der Waals surface area (Å²) in [5, 5.41) is 0. The summed E-state index contributed by atoms with van der Waals surface area (Å²) in [6.45, 7) is 3.78. The van der Waals surface area contributed by atoms with Gasteiger partial charge in [0.05, 0.1) is 0 Å². The Morgan fingerprint density at radius 3 is 1.50 bits per heavy atom. The van der Waals surface area contributed by atoms with Crippen LogP contribution in [0.2, 0.25) is 0 Å². The first-order valence-corrected chi connectivity index (χ1v) is 4.29. The molecule has 0 aliphatic rings. The number of hydrogen-bond donors (Lipinski definition) is 0. The van der Waals surface area contributed by atoms with Gasteiger partial charge in [-0.05, 0) is 5.92 Å². The van der Waals surface area contributed by atoms with E-state index < -0.39 is 5.82 Å². The predicted octanol–water partition coefficient (Wildman–Crippen LogP) is -1.88. The first-order valence-electron chi connectivity index (χ1n) is 4.29. The molecule has 0 atom stereocenters. The van der Waals surface area contributed by atoms with Crippen molar-refractivity contribution < 1.29 is 4.39 Å². The molecule has 5 heteroatoms. The lowest BCUT2D eigenvalue weighted by Gasteiger charge is -2.20. The fourth-order valence-corrected chi connectivity index (χ4v) is 1.44.